The highest BCUT2D eigenvalue weighted by atomic mass is 17.2. The topological polar surface area (TPSA) is 82.1 Å². The van der Waals surface area contributed by atoms with Crippen LogP contribution in [0.5, 0.6) is 0 Å². The van der Waals surface area contributed by atoms with Crippen molar-refractivity contribution in [1.82, 2.24) is 0 Å². The second kappa shape index (κ2) is 7.00. The van der Waals surface area contributed by atoms with Crippen LogP contribution in [-0.4, -0.2) is 35.9 Å². The number of rotatable bonds is 6. The van der Waals surface area contributed by atoms with Gasteiger partial charge in [0.1, 0.15) is 12.0 Å². The van der Waals surface area contributed by atoms with Crippen LogP contribution in [0.3, 0.4) is 0 Å². The number of benzene rings is 1. The molecule has 0 saturated carbocycles. The second-order valence-corrected chi connectivity index (χ2v) is 5.45. The Morgan fingerprint density at radius 3 is 2.64 bits per heavy atom. The number of methoxy groups -OCH3 is 1. The highest BCUT2D eigenvalue weighted by Crippen LogP contribution is 2.35. The average Bonchev–Trinajstić information content (AvgIpc) is 2.82. The summed E-state index contributed by atoms with van der Waals surface area (Å²) in [5, 5.41) is 10.00. The maximum absolute atomic E-state index is 12.0. The molecule has 6 heteroatoms. The molecule has 1 fully saturated rings. The minimum absolute atomic E-state index is 0.0286. The van der Waals surface area contributed by atoms with Gasteiger partial charge in [-0.25, -0.2) is 9.78 Å². The van der Waals surface area contributed by atoms with E-state index in [0.29, 0.717) is 24.8 Å². The van der Waals surface area contributed by atoms with Gasteiger partial charge in [0.05, 0.1) is 7.11 Å². The summed E-state index contributed by atoms with van der Waals surface area (Å²) in [5.41, 5.74) is 0.655. The lowest BCUT2D eigenvalue weighted by molar-refractivity contribution is -0.374. The number of aliphatic hydroxyl groups is 1. The molecule has 0 aromatic heterocycles. The van der Waals surface area contributed by atoms with Crippen LogP contribution in [0.1, 0.15) is 36.5 Å². The fourth-order valence-electron chi connectivity index (χ4n) is 2.56. The summed E-state index contributed by atoms with van der Waals surface area (Å²) in [6, 6.07) is 9.00. The number of ether oxygens (including phenoxy) is 1. The van der Waals surface area contributed by atoms with Crippen LogP contribution < -0.4 is 0 Å². The first-order valence-corrected chi connectivity index (χ1v) is 7.18. The first-order chi connectivity index (χ1) is 10.5. The molecule has 3 unspecified atom stereocenters. The van der Waals surface area contributed by atoms with Gasteiger partial charge in [-0.15, -0.1) is 0 Å². The van der Waals surface area contributed by atoms with Crippen molar-refractivity contribution in [3.8, 4) is 0 Å². The molecule has 1 saturated heterocycles. The van der Waals surface area contributed by atoms with E-state index in [9.17, 15) is 14.7 Å². The standard InChI is InChI=1S/C16H20O6/c1-16(19)14(15(18)20-2)13(21-22-16)10-6-9-12(17)11-7-4-3-5-8-11/h3-5,7-8,13-14,19H,6,9-10H2,1-2H3. The van der Waals surface area contributed by atoms with E-state index in [1.54, 1.807) is 12.1 Å². The van der Waals surface area contributed by atoms with Crippen LogP contribution >= 0.6 is 0 Å². The molecule has 0 spiro atoms. The van der Waals surface area contributed by atoms with Crippen molar-refractivity contribution in [1.29, 1.82) is 0 Å². The highest BCUT2D eigenvalue weighted by Gasteiger charge is 2.52. The Balaban J connectivity index is 1.88. The minimum atomic E-state index is -1.72. The molecule has 1 aliphatic heterocycles. The summed E-state index contributed by atoms with van der Waals surface area (Å²) in [5.74, 6) is -3.21. The monoisotopic (exact) mass is 308 g/mol. The molecule has 0 aliphatic carbocycles. The molecule has 6 nitrogen and oxygen atoms in total. The minimum Gasteiger partial charge on any atom is -0.469 e. The number of ketones is 1. The molecule has 22 heavy (non-hydrogen) atoms. The number of carbonyl (C=O) groups is 2. The number of hydrogen-bond acceptors (Lipinski definition) is 6. The van der Waals surface area contributed by atoms with E-state index in [1.807, 2.05) is 18.2 Å². The van der Waals surface area contributed by atoms with Crippen molar-refractivity contribution >= 4 is 11.8 Å². The maximum Gasteiger partial charge on any atom is 0.317 e. The third-order valence-corrected chi connectivity index (χ3v) is 3.73. The Morgan fingerprint density at radius 1 is 1.32 bits per heavy atom. The van der Waals surface area contributed by atoms with Crippen LogP contribution in [-0.2, 0) is 19.3 Å². The van der Waals surface area contributed by atoms with Gasteiger partial charge in [-0.3, -0.25) is 9.59 Å². The molecular formula is C16H20O6. The van der Waals surface area contributed by atoms with E-state index in [2.05, 4.69) is 4.74 Å². The summed E-state index contributed by atoms with van der Waals surface area (Å²) in [6.07, 6.45) is 0.630. The molecule has 0 bridgehead atoms. The molecule has 1 aromatic rings. The van der Waals surface area contributed by atoms with Gasteiger partial charge in [0.15, 0.2) is 5.78 Å². The number of hydrogen-bond donors (Lipinski definition) is 1. The fraction of sp³-hybridized carbons (Fsp3) is 0.500. The van der Waals surface area contributed by atoms with Gasteiger partial charge < -0.3 is 9.84 Å². The molecule has 3 atom stereocenters. The summed E-state index contributed by atoms with van der Waals surface area (Å²) < 4.78 is 4.67. The molecule has 0 amide bonds. The Labute approximate surface area is 128 Å². The lowest BCUT2D eigenvalue weighted by Gasteiger charge is -2.21. The highest BCUT2D eigenvalue weighted by molar-refractivity contribution is 5.95. The predicted molar refractivity (Wildman–Crippen MR) is 76.7 cm³/mol. The van der Waals surface area contributed by atoms with Gasteiger partial charge in [-0.2, -0.15) is 0 Å². The lowest BCUT2D eigenvalue weighted by atomic mass is 9.91. The van der Waals surface area contributed by atoms with Gasteiger partial charge in [-0.1, -0.05) is 30.3 Å². The van der Waals surface area contributed by atoms with Crippen molar-refractivity contribution in [2.24, 2.45) is 5.92 Å². The summed E-state index contributed by atoms with van der Waals surface area (Å²) >= 11 is 0. The largest absolute Gasteiger partial charge is 0.469 e. The fourth-order valence-corrected chi connectivity index (χ4v) is 2.56. The Bertz CT molecular complexity index is 525. The lowest BCUT2D eigenvalue weighted by Crippen LogP contribution is -2.41. The molecule has 2 rings (SSSR count). The van der Waals surface area contributed by atoms with Gasteiger partial charge >= 0.3 is 5.97 Å². The maximum atomic E-state index is 12.0. The van der Waals surface area contributed by atoms with E-state index in [-0.39, 0.29) is 5.78 Å². The SMILES string of the molecule is COC(=O)C1C(CCCC(=O)c2ccccc2)OOC1(C)O. The predicted octanol–water partition coefficient (Wildman–Crippen LogP) is 1.87. The Morgan fingerprint density at radius 2 is 2.00 bits per heavy atom. The zero-order chi connectivity index (χ0) is 16.2. The Kier molecular flexibility index (Phi) is 5.28. The summed E-state index contributed by atoms with van der Waals surface area (Å²) in [6.45, 7) is 1.35. The van der Waals surface area contributed by atoms with Crippen molar-refractivity contribution in [3.63, 3.8) is 0 Å². The number of esters is 1. The van der Waals surface area contributed by atoms with Gasteiger partial charge in [0.25, 0.3) is 0 Å². The van der Waals surface area contributed by atoms with Crippen molar-refractivity contribution in [3.05, 3.63) is 35.9 Å². The third kappa shape index (κ3) is 3.71. The zero-order valence-electron chi connectivity index (χ0n) is 12.7. The molecule has 1 aliphatic rings. The molecule has 1 aromatic carbocycles. The van der Waals surface area contributed by atoms with Crippen LogP contribution in [0.2, 0.25) is 0 Å². The third-order valence-electron chi connectivity index (χ3n) is 3.73. The quantitative estimate of drug-likeness (QED) is 0.491. The molecule has 1 N–H and O–H groups in total. The summed E-state index contributed by atoms with van der Waals surface area (Å²) in [4.78, 5) is 33.6. The molecule has 0 radical (unpaired) electrons. The smallest absolute Gasteiger partial charge is 0.317 e. The van der Waals surface area contributed by atoms with Crippen molar-refractivity contribution in [2.75, 3.05) is 7.11 Å². The molecular weight excluding hydrogens is 288 g/mol. The summed E-state index contributed by atoms with van der Waals surface area (Å²) in [7, 11) is 1.24. The number of Topliss-reactive ketones (excluding diaryl/α,β-unsaturated/α-hetero) is 1. The van der Waals surface area contributed by atoms with E-state index in [4.69, 9.17) is 9.78 Å². The van der Waals surface area contributed by atoms with Gasteiger partial charge in [-0.05, 0) is 19.8 Å². The van der Waals surface area contributed by atoms with Crippen LogP contribution in [0.25, 0.3) is 0 Å². The first-order valence-electron chi connectivity index (χ1n) is 7.18. The van der Waals surface area contributed by atoms with E-state index in [0.717, 1.165) is 0 Å². The normalized spacial score (nSPS) is 27.6. The molecule has 1 heterocycles. The van der Waals surface area contributed by atoms with Crippen LogP contribution in [0.4, 0.5) is 0 Å². The van der Waals surface area contributed by atoms with Gasteiger partial charge in [0, 0.05) is 12.0 Å². The zero-order valence-corrected chi connectivity index (χ0v) is 12.7. The first kappa shape index (κ1) is 16.6. The van der Waals surface area contributed by atoms with E-state index in [1.165, 1.54) is 14.0 Å². The van der Waals surface area contributed by atoms with Crippen molar-refractivity contribution < 1.29 is 29.2 Å². The number of carbonyl (C=O) groups excluding carboxylic acids is 2. The van der Waals surface area contributed by atoms with Crippen molar-refractivity contribution in [2.45, 2.75) is 38.1 Å². The van der Waals surface area contributed by atoms with Gasteiger partial charge in [0.2, 0.25) is 5.79 Å². The second-order valence-electron chi connectivity index (χ2n) is 5.45. The van der Waals surface area contributed by atoms with E-state index >= 15 is 0 Å². The van der Waals surface area contributed by atoms with E-state index < -0.39 is 23.8 Å². The molecule has 120 valence electrons. The van der Waals surface area contributed by atoms with Crippen LogP contribution in [0, 0.1) is 5.92 Å². The average molecular weight is 308 g/mol. The Hall–Kier alpha value is -1.76. The van der Waals surface area contributed by atoms with Crippen LogP contribution in [0.15, 0.2) is 30.3 Å².